The highest BCUT2D eigenvalue weighted by Gasteiger charge is 2.25. The molecule has 1 atom stereocenters. The van der Waals surface area contributed by atoms with Gasteiger partial charge in [-0.15, -0.1) is 0 Å². The van der Waals surface area contributed by atoms with Gasteiger partial charge in [0.15, 0.2) is 0 Å². The second-order valence-corrected chi connectivity index (χ2v) is 5.75. The Balaban J connectivity index is 1.76. The van der Waals surface area contributed by atoms with Crippen LogP contribution in [0.3, 0.4) is 0 Å². The highest BCUT2D eigenvalue weighted by molar-refractivity contribution is 6.30. The summed E-state index contributed by atoms with van der Waals surface area (Å²) in [5, 5.41) is 12.5. The van der Waals surface area contributed by atoms with Crippen LogP contribution in [0.25, 0.3) is 0 Å². The molecule has 5 nitrogen and oxygen atoms in total. The van der Waals surface area contributed by atoms with Gasteiger partial charge in [0.1, 0.15) is 0 Å². The maximum Gasteiger partial charge on any atom is 0.307 e. The summed E-state index contributed by atoms with van der Waals surface area (Å²) in [6.07, 6.45) is 1.86. The number of aliphatic carboxylic acids is 1. The first-order valence-electron chi connectivity index (χ1n) is 7.01. The number of amides is 1. The Morgan fingerprint density at radius 3 is 2.71 bits per heavy atom. The van der Waals surface area contributed by atoms with Crippen molar-refractivity contribution in [2.75, 3.05) is 19.8 Å². The zero-order valence-corrected chi connectivity index (χ0v) is 12.5. The molecule has 0 bridgehead atoms. The van der Waals surface area contributed by atoms with Crippen molar-refractivity contribution in [2.45, 2.75) is 19.3 Å². The lowest BCUT2D eigenvalue weighted by molar-refractivity contribution is -0.143. The molecular weight excluding hydrogens is 292 g/mol. The molecule has 114 valence electrons. The van der Waals surface area contributed by atoms with E-state index in [2.05, 4.69) is 5.32 Å². The van der Waals surface area contributed by atoms with Crippen LogP contribution in [0.5, 0.6) is 0 Å². The molecule has 0 aliphatic carbocycles. The summed E-state index contributed by atoms with van der Waals surface area (Å²) >= 11 is 5.79. The minimum Gasteiger partial charge on any atom is -0.481 e. The number of benzene rings is 1. The fraction of sp³-hybridized carbons (Fsp3) is 0.467. The first-order valence-corrected chi connectivity index (χ1v) is 7.38. The number of carboxylic acids is 1. The summed E-state index contributed by atoms with van der Waals surface area (Å²) in [6, 6.07) is 7.16. The van der Waals surface area contributed by atoms with E-state index in [-0.39, 0.29) is 11.8 Å². The van der Waals surface area contributed by atoms with E-state index in [1.807, 2.05) is 17.0 Å². The topological polar surface area (TPSA) is 69.6 Å². The lowest BCUT2D eigenvalue weighted by Crippen LogP contribution is -2.45. The summed E-state index contributed by atoms with van der Waals surface area (Å²) in [6.45, 7) is 1.72. The molecule has 0 radical (unpaired) electrons. The second-order valence-electron chi connectivity index (χ2n) is 5.32. The van der Waals surface area contributed by atoms with Gasteiger partial charge in [0.25, 0.3) is 0 Å². The molecule has 1 saturated heterocycles. The number of hydrogen-bond acceptors (Lipinski definition) is 3. The average molecular weight is 311 g/mol. The van der Waals surface area contributed by atoms with Crippen LogP contribution in [0, 0.1) is 5.92 Å². The van der Waals surface area contributed by atoms with Gasteiger partial charge in [-0.05, 0) is 37.1 Å². The van der Waals surface area contributed by atoms with Crippen molar-refractivity contribution in [3.63, 3.8) is 0 Å². The standard InChI is InChI=1S/C15H19ClN2O3/c16-13-5-3-11(4-6-13)8-14(19)17-10-18-7-1-2-12(9-18)15(20)21/h3-6,12H,1-2,7-10H2,(H,17,19)(H,20,21). The number of rotatable bonds is 5. The third kappa shape index (κ3) is 5.02. The van der Waals surface area contributed by atoms with Crippen molar-refractivity contribution in [2.24, 2.45) is 5.92 Å². The third-order valence-electron chi connectivity index (χ3n) is 3.63. The predicted octanol–water partition coefficient (Wildman–Crippen LogP) is 1.75. The number of likely N-dealkylation sites (tertiary alicyclic amines) is 1. The summed E-state index contributed by atoms with van der Waals surface area (Å²) in [7, 11) is 0. The molecule has 1 fully saturated rings. The molecule has 1 aromatic carbocycles. The quantitative estimate of drug-likeness (QED) is 0.869. The third-order valence-corrected chi connectivity index (χ3v) is 3.88. The van der Waals surface area contributed by atoms with E-state index in [1.165, 1.54) is 0 Å². The van der Waals surface area contributed by atoms with Crippen LogP contribution in [-0.2, 0) is 16.0 Å². The molecule has 1 aliphatic heterocycles. The van der Waals surface area contributed by atoms with Gasteiger partial charge >= 0.3 is 5.97 Å². The molecule has 0 spiro atoms. The molecule has 1 heterocycles. The minimum atomic E-state index is -0.757. The molecule has 2 rings (SSSR count). The molecule has 6 heteroatoms. The first kappa shape index (κ1) is 15.8. The molecule has 0 saturated carbocycles. The van der Waals surface area contributed by atoms with Crippen molar-refractivity contribution < 1.29 is 14.7 Å². The Hall–Kier alpha value is -1.59. The average Bonchev–Trinajstić information content (AvgIpc) is 2.48. The first-order chi connectivity index (χ1) is 10.0. The Morgan fingerprint density at radius 1 is 1.33 bits per heavy atom. The van der Waals surface area contributed by atoms with Gasteiger partial charge in [-0.2, -0.15) is 0 Å². The number of halogens is 1. The highest BCUT2D eigenvalue weighted by Crippen LogP contribution is 2.15. The monoisotopic (exact) mass is 310 g/mol. The van der Waals surface area contributed by atoms with Crippen molar-refractivity contribution in [1.82, 2.24) is 10.2 Å². The number of nitrogens with one attached hydrogen (secondary N) is 1. The molecule has 1 unspecified atom stereocenters. The number of piperidine rings is 1. The number of carboxylic acid groups (broad SMARTS) is 1. The number of hydrogen-bond donors (Lipinski definition) is 2. The molecule has 2 N–H and O–H groups in total. The van der Waals surface area contributed by atoms with E-state index >= 15 is 0 Å². The second kappa shape index (κ2) is 7.43. The van der Waals surface area contributed by atoms with Gasteiger partial charge < -0.3 is 10.4 Å². The lowest BCUT2D eigenvalue weighted by Gasteiger charge is -2.30. The van der Waals surface area contributed by atoms with Gasteiger partial charge in [0.2, 0.25) is 5.91 Å². The summed E-state index contributed by atoms with van der Waals surface area (Å²) in [4.78, 5) is 24.8. The van der Waals surface area contributed by atoms with E-state index in [4.69, 9.17) is 16.7 Å². The number of carbonyl (C=O) groups excluding carboxylic acids is 1. The molecule has 21 heavy (non-hydrogen) atoms. The smallest absolute Gasteiger partial charge is 0.307 e. The zero-order valence-electron chi connectivity index (χ0n) is 11.7. The number of carbonyl (C=O) groups is 2. The summed E-state index contributed by atoms with van der Waals surface area (Å²) < 4.78 is 0. The van der Waals surface area contributed by atoms with Crippen LogP contribution in [0.2, 0.25) is 5.02 Å². The molecule has 1 aliphatic rings. The zero-order chi connectivity index (χ0) is 15.2. The van der Waals surface area contributed by atoms with Crippen LogP contribution >= 0.6 is 11.6 Å². The Bertz CT molecular complexity index is 504. The van der Waals surface area contributed by atoms with E-state index < -0.39 is 5.97 Å². The molecule has 1 amide bonds. The van der Waals surface area contributed by atoms with Gasteiger partial charge in [0, 0.05) is 11.6 Å². The van der Waals surface area contributed by atoms with E-state index in [0.717, 1.165) is 18.5 Å². The van der Waals surface area contributed by atoms with Crippen LogP contribution in [-0.4, -0.2) is 41.6 Å². The van der Waals surface area contributed by atoms with Crippen molar-refractivity contribution in [3.05, 3.63) is 34.9 Å². The maximum atomic E-state index is 11.9. The largest absolute Gasteiger partial charge is 0.481 e. The Kier molecular flexibility index (Phi) is 5.59. The highest BCUT2D eigenvalue weighted by atomic mass is 35.5. The van der Waals surface area contributed by atoms with Gasteiger partial charge in [-0.25, -0.2) is 0 Å². The van der Waals surface area contributed by atoms with Crippen LogP contribution in [0.4, 0.5) is 0 Å². The number of nitrogens with zero attached hydrogens (tertiary/aromatic N) is 1. The molecular formula is C15H19ClN2O3. The van der Waals surface area contributed by atoms with Crippen molar-refractivity contribution >= 4 is 23.5 Å². The van der Waals surface area contributed by atoms with Crippen LogP contribution < -0.4 is 5.32 Å². The summed E-state index contributed by atoms with van der Waals surface area (Å²) in [5.74, 6) is -1.16. The SMILES string of the molecule is O=C(Cc1ccc(Cl)cc1)NCN1CCCC(C(=O)O)C1. The van der Waals surface area contributed by atoms with Crippen molar-refractivity contribution in [1.29, 1.82) is 0 Å². The van der Waals surface area contributed by atoms with Gasteiger partial charge in [0.05, 0.1) is 19.0 Å². The normalized spacial score (nSPS) is 19.2. The van der Waals surface area contributed by atoms with Crippen LogP contribution in [0.15, 0.2) is 24.3 Å². The van der Waals surface area contributed by atoms with E-state index in [1.54, 1.807) is 12.1 Å². The van der Waals surface area contributed by atoms with E-state index in [9.17, 15) is 9.59 Å². The van der Waals surface area contributed by atoms with E-state index in [0.29, 0.717) is 31.1 Å². The fourth-order valence-electron chi connectivity index (χ4n) is 2.45. The maximum absolute atomic E-state index is 11.9. The van der Waals surface area contributed by atoms with Gasteiger partial charge in [-0.1, -0.05) is 23.7 Å². The Labute approximate surface area is 128 Å². The Morgan fingerprint density at radius 2 is 2.05 bits per heavy atom. The lowest BCUT2D eigenvalue weighted by atomic mass is 9.99. The summed E-state index contributed by atoms with van der Waals surface area (Å²) in [5.41, 5.74) is 0.902. The molecule has 1 aromatic rings. The minimum absolute atomic E-state index is 0.0743. The van der Waals surface area contributed by atoms with Gasteiger partial charge in [-0.3, -0.25) is 14.5 Å². The fourth-order valence-corrected chi connectivity index (χ4v) is 2.58. The van der Waals surface area contributed by atoms with Crippen molar-refractivity contribution in [3.8, 4) is 0 Å². The molecule has 0 aromatic heterocycles. The van der Waals surface area contributed by atoms with Crippen LogP contribution in [0.1, 0.15) is 18.4 Å². The predicted molar refractivity (Wildman–Crippen MR) is 80.1 cm³/mol.